The van der Waals surface area contributed by atoms with Crippen molar-refractivity contribution in [3.63, 3.8) is 0 Å². The molecule has 0 aromatic heterocycles. The van der Waals surface area contributed by atoms with Crippen LogP contribution in [-0.4, -0.2) is 47.1 Å². The van der Waals surface area contributed by atoms with Gasteiger partial charge < -0.3 is 15.3 Å². The van der Waals surface area contributed by atoms with E-state index in [9.17, 15) is 9.59 Å². The number of nitrogens with one attached hydrogen (secondary N) is 1. The van der Waals surface area contributed by atoms with Gasteiger partial charge in [0.05, 0.1) is 6.42 Å². The third-order valence-electron chi connectivity index (χ3n) is 3.18. The Hall–Kier alpha value is -1.88. The fraction of sp³-hybridized carbons (Fsp3) is 0.429. The minimum Gasteiger partial charge on any atom is -0.481 e. The minimum absolute atomic E-state index is 0.0307. The van der Waals surface area contributed by atoms with Crippen LogP contribution in [0.2, 0.25) is 0 Å². The molecule has 2 atom stereocenters. The van der Waals surface area contributed by atoms with Crippen molar-refractivity contribution in [2.24, 2.45) is 0 Å². The molecule has 5 nitrogen and oxygen atoms in total. The van der Waals surface area contributed by atoms with Crippen molar-refractivity contribution in [1.82, 2.24) is 10.2 Å². The zero-order valence-electron chi connectivity index (χ0n) is 10.9. The van der Waals surface area contributed by atoms with Crippen molar-refractivity contribution in [3.8, 4) is 0 Å². The fourth-order valence-electron chi connectivity index (χ4n) is 2.44. The van der Waals surface area contributed by atoms with Crippen molar-refractivity contribution >= 4 is 11.9 Å². The number of aliphatic carboxylic acids is 1. The van der Waals surface area contributed by atoms with E-state index in [4.69, 9.17) is 5.11 Å². The maximum absolute atomic E-state index is 12.3. The summed E-state index contributed by atoms with van der Waals surface area (Å²) in [5.74, 6) is -0.886. The first-order valence-corrected chi connectivity index (χ1v) is 6.38. The van der Waals surface area contributed by atoms with E-state index < -0.39 is 5.97 Å². The summed E-state index contributed by atoms with van der Waals surface area (Å²) in [6.45, 7) is 2.99. The zero-order valence-corrected chi connectivity index (χ0v) is 10.9. The lowest BCUT2D eigenvalue weighted by molar-refractivity contribution is -0.137. The monoisotopic (exact) mass is 262 g/mol. The predicted octanol–water partition coefficient (Wildman–Crippen LogP) is 0.964. The highest BCUT2D eigenvalue weighted by Crippen LogP contribution is 2.12. The maximum atomic E-state index is 12.3. The molecule has 1 aromatic carbocycles. The number of rotatable bonds is 3. The molecule has 5 heteroatoms. The van der Waals surface area contributed by atoms with E-state index >= 15 is 0 Å². The van der Waals surface area contributed by atoms with Crippen LogP contribution in [0.3, 0.4) is 0 Å². The molecule has 0 radical (unpaired) electrons. The van der Waals surface area contributed by atoms with Crippen molar-refractivity contribution in [2.45, 2.75) is 25.4 Å². The molecule has 0 aliphatic carbocycles. The minimum atomic E-state index is -0.848. The highest BCUT2D eigenvalue weighted by Gasteiger charge is 2.28. The normalized spacial score (nSPS) is 23.1. The maximum Gasteiger partial charge on any atom is 0.304 e. The molecule has 1 aromatic rings. The summed E-state index contributed by atoms with van der Waals surface area (Å²) in [4.78, 5) is 24.8. The van der Waals surface area contributed by atoms with Gasteiger partial charge in [0.15, 0.2) is 0 Å². The van der Waals surface area contributed by atoms with Crippen LogP contribution in [0.15, 0.2) is 30.3 Å². The molecule has 1 fully saturated rings. The lowest BCUT2D eigenvalue weighted by atomic mass is 10.1. The Morgan fingerprint density at radius 2 is 2.00 bits per heavy atom. The van der Waals surface area contributed by atoms with Gasteiger partial charge in [-0.2, -0.15) is 0 Å². The number of piperazine rings is 1. The van der Waals surface area contributed by atoms with Gasteiger partial charge in [-0.1, -0.05) is 18.2 Å². The summed E-state index contributed by atoms with van der Waals surface area (Å²) in [5.41, 5.74) is 0.644. The second-order valence-electron chi connectivity index (χ2n) is 4.94. The molecule has 0 bridgehead atoms. The average Bonchev–Trinajstić information content (AvgIpc) is 2.37. The van der Waals surface area contributed by atoms with Gasteiger partial charge in [0, 0.05) is 30.7 Å². The third kappa shape index (κ3) is 3.54. The van der Waals surface area contributed by atoms with Crippen LogP contribution in [0.5, 0.6) is 0 Å². The van der Waals surface area contributed by atoms with Gasteiger partial charge in [-0.3, -0.25) is 9.59 Å². The number of benzene rings is 1. The van der Waals surface area contributed by atoms with Gasteiger partial charge in [0.25, 0.3) is 5.91 Å². The van der Waals surface area contributed by atoms with Gasteiger partial charge in [-0.15, -0.1) is 0 Å². The molecule has 19 heavy (non-hydrogen) atoms. The Morgan fingerprint density at radius 3 is 2.63 bits per heavy atom. The first kappa shape index (κ1) is 13.5. The topological polar surface area (TPSA) is 69.6 Å². The van der Waals surface area contributed by atoms with E-state index in [-0.39, 0.29) is 24.4 Å². The van der Waals surface area contributed by atoms with E-state index in [1.807, 2.05) is 25.1 Å². The first-order chi connectivity index (χ1) is 9.06. The third-order valence-corrected chi connectivity index (χ3v) is 3.18. The summed E-state index contributed by atoms with van der Waals surface area (Å²) in [6, 6.07) is 8.99. The van der Waals surface area contributed by atoms with Crippen LogP contribution in [0.25, 0.3) is 0 Å². The number of hydrogen-bond donors (Lipinski definition) is 2. The van der Waals surface area contributed by atoms with Crippen LogP contribution < -0.4 is 5.32 Å². The van der Waals surface area contributed by atoms with Crippen LogP contribution in [0.4, 0.5) is 0 Å². The van der Waals surface area contributed by atoms with Gasteiger partial charge in [-0.25, -0.2) is 0 Å². The fourth-order valence-corrected chi connectivity index (χ4v) is 2.44. The van der Waals surface area contributed by atoms with Gasteiger partial charge in [0.1, 0.15) is 0 Å². The molecule has 1 aliphatic heterocycles. The number of nitrogens with zero attached hydrogens (tertiary/aromatic N) is 1. The molecule has 1 aliphatic rings. The number of carboxylic acid groups (broad SMARTS) is 1. The van der Waals surface area contributed by atoms with Crippen molar-refractivity contribution in [3.05, 3.63) is 35.9 Å². The number of amides is 1. The summed E-state index contributed by atoms with van der Waals surface area (Å²) >= 11 is 0. The molecule has 102 valence electrons. The molecule has 2 N–H and O–H groups in total. The lowest BCUT2D eigenvalue weighted by Crippen LogP contribution is -2.57. The van der Waals surface area contributed by atoms with Gasteiger partial charge in [-0.05, 0) is 19.1 Å². The number of carbonyl (C=O) groups is 2. The van der Waals surface area contributed by atoms with Crippen molar-refractivity contribution < 1.29 is 14.7 Å². The Labute approximate surface area is 112 Å². The second-order valence-corrected chi connectivity index (χ2v) is 4.94. The standard InChI is InChI=1S/C14H18N2O3/c1-10-8-16(9-12(15-10)7-13(17)18)14(19)11-5-3-2-4-6-11/h2-6,10,12,15H,7-9H2,1H3,(H,17,18)/t10-,12-/m1/s1. The summed E-state index contributed by atoms with van der Waals surface area (Å²) in [7, 11) is 0. The van der Waals surface area contributed by atoms with Crippen LogP contribution >= 0.6 is 0 Å². The van der Waals surface area contributed by atoms with Gasteiger partial charge >= 0.3 is 5.97 Å². The summed E-state index contributed by atoms with van der Waals surface area (Å²) in [6.07, 6.45) is 0.0307. The SMILES string of the molecule is C[C@@H]1CN(C(=O)c2ccccc2)C[C@@H](CC(=O)O)N1. The van der Waals surface area contributed by atoms with E-state index in [0.717, 1.165) is 0 Å². The van der Waals surface area contributed by atoms with E-state index in [2.05, 4.69) is 5.32 Å². The van der Waals surface area contributed by atoms with Crippen molar-refractivity contribution in [1.29, 1.82) is 0 Å². The highest BCUT2D eigenvalue weighted by atomic mass is 16.4. The number of hydrogen-bond acceptors (Lipinski definition) is 3. The highest BCUT2D eigenvalue weighted by molar-refractivity contribution is 5.94. The number of carboxylic acids is 1. The van der Waals surface area contributed by atoms with Crippen molar-refractivity contribution in [2.75, 3.05) is 13.1 Å². The molecule has 1 saturated heterocycles. The molecule has 0 saturated carbocycles. The smallest absolute Gasteiger partial charge is 0.304 e. The summed E-state index contributed by atoms with van der Waals surface area (Å²) < 4.78 is 0. The largest absolute Gasteiger partial charge is 0.481 e. The van der Waals surface area contributed by atoms with E-state index in [0.29, 0.717) is 18.7 Å². The molecule has 1 amide bonds. The Bertz CT molecular complexity index is 461. The second kappa shape index (κ2) is 5.84. The molecular formula is C14H18N2O3. The molecular weight excluding hydrogens is 244 g/mol. The zero-order chi connectivity index (χ0) is 13.8. The van der Waals surface area contributed by atoms with Crippen LogP contribution in [0.1, 0.15) is 23.7 Å². The van der Waals surface area contributed by atoms with E-state index in [1.54, 1.807) is 17.0 Å². The molecule has 0 spiro atoms. The van der Waals surface area contributed by atoms with Crippen LogP contribution in [-0.2, 0) is 4.79 Å². The quantitative estimate of drug-likeness (QED) is 0.851. The van der Waals surface area contributed by atoms with E-state index in [1.165, 1.54) is 0 Å². The Balaban J connectivity index is 2.07. The summed E-state index contributed by atoms with van der Waals surface area (Å²) in [5, 5.41) is 12.1. The lowest BCUT2D eigenvalue weighted by Gasteiger charge is -2.37. The Morgan fingerprint density at radius 1 is 1.32 bits per heavy atom. The Kier molecular flexibility index (Phi) is 4.16. The van der Waals surface area contributed by atoms with Crippen LogP contribution in [0, 0.1) is 0 Å². The average molecular weight is 262 g/mol. The van der Waals surface area contributed by atoms with Gasteiger partial charge in [0.2, 0.25) is 0 Å². The number of carbonyl (C=O) groups excluding carboxylic acids is 1. The first-order valence-electron chi connectivity index (χ1n) is 6.38. The predicted molar refractivity (Wildman–Crippen MR) is 71.0 cm³/mol. The molecule has 0 unspecified atom stereocenters. The molecule has 2 rings (SSSR count). The molecule has 1 heterocycles.